The van der Waals surface area contributed by atoms with E-state index in [0.29, 0.717) is 0 Å². The molecule has 0 aliphatic carbocycles. The van der Waals surface area contributed by atoms with E-state index in [-0.39, 0.29) is 6.03 Å². The molecule has 3 heteroatoms. The van der Waals surface area contributed by atoms with E-state index in [4.69, 9.17) is 0 Å². The number of nitrogens with one attached hydrogen (secondary N) is 2. The number of rotatable bonds is 2. The summed E-state index contributed by atoms with van der Waals surface area (Å²) in [4.78, 5) is 11.1. The Morgan fingerprint density at radius 3 is 1.58 bits per heavy atom. The molecule has 0 spiro atoms. The number of allylic oxidation sites excluding steroid dienone is 4. The fraction of sp³-hybridized carbons (Fsp3) is 0.444. The van der Waals surface area contributed by atoms with Crippen molar-refractivity contribution in [2.75, 3.05) is 0 Å². The normalized spacial score (nSPS) is 12.7. The first-order valence-electron chi connectivity index (χ1n) is 3.94. The second kappa shape index (κ2) is 5.41. The molecular weight excluding hydrogens is 152 g/mol. The van der Waals surface area contributed by atoms with Gasteiger partial charge < -0.3 is 10.6 Å². The number of amides is 2. The minimum absolute atomic E-state index is 0.193. The number of hydrogen-bond donors (Lipinski definition) is 2. The van der Waals surface area contributed by atoms with Crippen LogP contribution in [-0.4, -0.2) is 6.03 Å². The first kappa shape index (κ1) is 10.8. The lowest BCUT2D eigenvalue weighted by Gasteiger charge is -2.06. The second-order valence-electron chi connectivity index (χ2n) is 2.52. The predicted molar refractivity (Wildman–Crippen MR) is 50.5 cm³/mol. The third-order valence-electron chi connectivity index (χ3n) is 1.49. The van der Waals surface area contributed by atoms with Crippen LogP contribution in [-0.2, 0) is 0 Å². The maximum Gasteiger partial charge on any atom is 0.323 e. The third-order valence-corrected chi connectivity index (χ3v) is 1.49. The van der Waals surface area contributed by atoms with Gasteiger partial charge in [-0.1, -0.05) is 12.2 Å². The Morgan fingerprint density at radius 2 is 1.33 bits per heavy atom. The monoisotopic (exact) mass is 168 g/mol. The molecular formula is C9H16N2O. The summed E-state index contributed by atoms with van der Waals surface area (Å²) in [5.74, 6) is 0. The Bertz CT molecular complexity index is 195. The summed E-state index contributed by atoms with van der Waals surface area (Å²) in [7, 11) is 0. The summed E-state index contributed by atoms with van der Waals surface area (Å²) in [5, 5.41) is 5.33. The molecule has 0 radical (unpaired) electrons. The molecule has 12 heavy (non-hydrogen) atoms. The van der Waals surface area contributed by atoms with Crippen LogP contribution in [0.25, 0.3) is 0 Å². The summed E-state index contributed by atoms with van der Waals surface area (Å²) < 4.78 is 0. The molecule has 0 rings (SSSR count). The highest BCUT2D eigenvalue weighted by atomic mass is 16.2. The van der Waals surface area contributed by atoms with Crippen LogP contribution in [0, 0.1) is 0 Å². The second-order valence-corrected chi connectivity index (χ2v) is 2.52. The average molecular weight is 168 g/mol. The fourth-order valence-corrected chi connectivity index (χ4v) is 0.534. The zero-order valence-electron chi connectivity index (χ0n) is 8.06. The van der Waals surface area contributed by atoms with Crippen molar-refractivity contribution in [2.45, 2.75) is 27.7 Å². The molecule has 0 aromatic carbocycles. The Kier molecular flexibility index (Phi) is 4.84. The lowest BCUT2D eigenvalue weighted by atomic mass is 10.4. The largest absolute Gasteiger partial charge is 0.323 e. The van der Waals surface area contributed by atoms with Gasteiger partial charge >= 0.3 is 6.03 Å². The van der Waals surface area contributed by atoms with Crippen molar-refractivity contribution >= 4 is 6.03 Å². The molecule has 0 aliphatic heterocycles. The van der Waals surface area contributed by atoms with E-state index in [1.807, 2.05) is 39.8 Å². The van der Waals surface area contributed by atoms with Crippen LogP contribution in [0.1, 0.15) is 27.7 Å². The molecule has 0 saturated heterocycles. The number of hydrogen-bond acceptors (Lipinski definition) is 1. The van der Waals surface area contributed by atoms with E-state index in [9.17, 15) is 4.79 Å². The third kappa shape index (κ3) is 4.55. The van der Waals surface area contributed by atoms with Crippen LogP contribution in [0.15, 0.2) is 23.5 Å². The Hall–Kier alpha value is -1.25. The fourth-order valence-electron chi connectivity index (χ4n) is 0.534. The number of carbonyl (C=O) groups is 1. The van der Waals surface area contributed by atoms with Gasteiger partial charge in [0.2, 0.25) is 0 Å². The van der Waals surface area contributed by atoms with Gasteiger partial charge in [-0.15, -0.1) is 0 Å². The number of urea groups is 1. The van der Waals surface area contributed by atoms with Crippen molar-refractivity contribution in [1.82, 2.24) is 10.6 Å². The highest BCUT2D eigenvalue weighted by molar-refractivity contribution is 5.77. The quantitative estimate of drug-likeness (QED) is 0.651. The minimum Gasteiger partial charge on any atom is -0.312 e. The molecule has 0 aliphatic rings. The Morgan fingerprint density at radius 1 is 1.00 bits per heavy atom. The summed E-state index contributed by atoms with van der Waals surface area (Å²) in [5.41, 5.74) is 1.69. The molecule has 0 unspecified atom stereocenters. The van der Waals surface area contributed by atoms with Crippen molar-refractivity contribution in [1.29, 1.82) is 0 Å². The van der Waals surface area contributed by atoms with Gasteiger partial charge in [-0.05, 0) is 27.7 Å². The zero-order valence-corrected chi connectivity index (χ0v) is 8.06. The molecule has 0 fully saturated rings. The van der Waals surface area contributed by atoms with E-state index in [2.05, 4.69) is 10.6 Å². The number of carbonyl (C=O) groups excluding carboxylic acids is 1. The van der Waals surface area contributed by atoms with Crippen LogP contribution in [0.4, 0.5) is 4.79 Å². The van der Waals surface area contributed by atoms with Crippen LogP contribution < -0.4 is 10.6 Å². The van der Waals surface area contributed by atoms with Crippen molar-refractivity contribution in [3.8, 4) is 0 Å². The minimum atomic E-state index is -0.193. The lowest BCUT2D eigenvalue weighted by molar-refractivity contribution is 0.245. The maximum absolute atomic E-state index is 11.1. The molecule has 2 N–H and O–H groups in total. The van der Waals surface area contributed by atoms with E-state index < -0.39 is 0 Å². The standard InChI is InChI=1S/C9H16N2O/c1-5-7(3)10-9(12)11-8(4)6-2/h5-6H,1-4H3,(H2,10,11,12)/b7-5-,8-6+. The van der Waals surface area contributed by atoms with Crippen molar-refractivity contribution < 1.29 is 4.79 Å². The summed E-state index contributed by atoms with van der Waals surface area (Å²) in [6.45, 7) is 7.42. The van der Waals surface area contributed by atoms with E-state index in [0.717, 1.165) is 11.4 Å². The van der Waals surface area contributed by atoms with Crippen molar-refractivity contribution in [3.05, 3.63) is 23.5 Å². The van der Waals surface area contributed by atoms with E-state index >= 15 is 0 Å². The lowest BCUT2D eigenvalue weighted by Crippen LogP contribution is -2.32. The molecule has 0 aromatic rings. The highest BCUT2D eigenvalue weighted by Gasteiger charge is 1.98. The van der Waals surface area contributed by atoms with E-state index in [1.165, 1.54) is 0 Å². The molecule has 0 heterocycles. The van der Waals surface area contributed by atoms with Gasteiger partial charge in [-0.3, -0.25) is 0 Å². The molecule has 0 atom stereocenters. The molecule has 3 nitrogen and oxygen atoms in total. The van der Waals surface area contributed by atoms with Gasteiger partial charge in [0.05, 0.1) is 0 Å². The molecule has 0 saturated carbocycles. The van der Waals surface area contributed by atoms with E-state index in [1.54, 1.807) is 0 Å². The average Bonchev–Trinajstić information content (AvgIpc) is 2.03. The summed E-state index contributed by atoms with van der Waals surface area (Å²) in [6, 6.07) is -0.193. The van der Waals surface area contributed by atoms with Gasteiger partial charge in [-0.2, -0.15) is 0 Å². The van der Waals surface area contributed by atoms with Crippen LogP contribution in [0.5, 0.6) is 0 Å². The van der Waals surface area contributed by atoms with Crippen molar-refractivity contribution in [2.24, 2.45) is 0 Å². The zero-order chi connectivity index (χ0) is 9.56. The smallest absolute Gasteiger partial charge is 0.312 e. The predicted octanol–water partition coefficient (Wildman–Crippen LogP) is 2.13. The van der Waals surface area contributed by atoms with Gasteiger partial charge in [0.15, 0.2) is 0 Å². The van der Waals surface area contributed by atoms with Crippen molar-refractivity contribution in [3.63, 3.8) is 0 Å². The maximum atomic E-state index is 11.1. The molecule has 2 amide bonds. The molecule has 68 valence electrons. The topological polar surface area (TPSA) is 41.1 Å². The van der Waals surface area contributed by atoms with Gasteiger partial charge in [-0.25, -0.2) is 4.79 Å². The van der Waals surface area contributed by atoms with Gasteiger partial charge in [0.1, 0.15) is 0 Å². The van der Waals surface area contributed by atoms with Gasteiger partial charge in [0, 0.05) is 11.4 Å². The summed E-state index contributed by atoms with van der Waals surface area (Å²) >= 11 is 0. The SMILES string of the molecule is C/C=C(/C)NC(=O)N/C(C)=C/C. The van der Waals surface area contributed by atoms with Gasteiger partial charge in [0.25, 0.3) is 0 Å². The molecule has 0 aromatic heterocycles. The van der Waals surface area contributed by atoms with Crippen LogP contribution >= 0.6 is 0 Å². The van der Waals surface area contributed by atoms with Crippen LogP contribution in [0.2, 0.25) is 0 Å². The Balaban J connectivity index is 3.91. The molecule has 0 bridgehead atoms. The highest BCUT2D eigenvalue weighted by Crippen LogP contribution is 1.87. The first-order valence-corrected chi connectivity index (χ1v) is 3.94. The first-order chi connectivity index (χ1) is 5.60. The van der Waals surface area contributed by atoms with Crippen LogP contribution in [0.3, 0.4) is 0 Å². The summed E-state index contributed by atoms with van der Waals surface area (Å²) in [6.07, 6.45) is 3.68. The Labute approximate surface area is 73.5 Å².